The number of carbonyl (C=O) groups is 4. The summed E-state index contributed by atoms with van der Waals surface area (Å²) in [6, 6.07) is 0. The van der Waals surface area contributed by atoms with Crippen LogP contribution in [0.5, 0.6) is 0 Å². The number of ketones is 1. The average molecular weight is 821 g/mol. The Hall–Kier alpha value is -2.54. The highest BCUT2D eigenvalue weighted by Crippen LogP contribution is 2.76. The molecule has 0 aromatic rings. The molecule has 2 bridgehead atoms. The zero-order valence-electron chi connectivity index (χ0n) is 34.2. The van der Waals surface area contributed by atoms with Crippen molar-refractivity contribution in [1.29, 1.82) is 0 Å². The van der Waals surface area contributed by atoms with Crippen LogP contribution in [0.25, 0.3) is 0 Å². The molecule has 8 aliphatic rings. The van der Waals surface area contributed by atoms with Gasteiger partial charge in [0.25, 0.3) is 0 Å². The van der Waals surface area contributed by atoms with Gasteiger partial charge < -0.3 is 59.4 Å². The first-order valence-corrected chi connectivity index (χ1v) is 20.8. The molecular formula is C42H60O16. The lowest BCUT2D eigenvalue weighted by Crippen LogP contribution is -2.68. The fourth-order valence-corrected chi connectivity index (χ4v) is 13.9. The van der Waals surface area contributed by atoms with Crippen LogP contribution in [-0.4, -0.2) is 133 Å². The number of hydrogen-bond acceptors (Lipinski definition) is 14. The minimum absolute atomic E-state index is 0.0481. The lowest BCUT2D eigenvalue weighted by molar-refractivity contribution is -0.371. The summed E-state index contributed by atoms with van der Waals surface area (Å²) in [6.45, 7) is 15.1. The number of aliphatic carboxylic acids is 2. The highest BCUT2D eigenvalue weighted by Gasteiger charge is 2.72. The molecule has 8 rings (SSSR count). The number of carboxylic acids is 2. The molecule has 324 valence electrons. The van der Waals surface area contributed by atoms with Gasteiger partial charge in [-0.15, -0.1) is 0 Å². The zero-order valence-corrected chi connectivity index (χ0v) is 34.2. The van der Waals surface area contributed by atoms with Crippen LogP contribution in [0.4, 0.5) is 0 Å². The van der Waals surface area contributed by atoms with Gasteiger partial charge in [-0.1, -0.05) is 47.1 Å². The average Bonchev–Trinajstić information content (AvgIpc) is 3.40. The summed E-state index contributed by atoms with van der Waals surface area (Å²) in [4.78, 5) is 51.9. The highest BCUT2D eigenvalue weighted by atomic mass is 16.8. The van der Waals surface area contributed by atoms with E-state index in [0.29, 0.717) is 25.7 Å². The minimum atomic E-state index is -2.04. The maximum Gasteiger partial charge on any atom is 0.335 e. The lowest BCUT2D eigenvalue weighted by atomic mass is 9.33. The number of aliphatic hydroxyl groups is 5. The van der Waals surface area contributed by atoms with E-state index in [-0.39, 0.29) is 51.9 Å². The summed E-state index contributed by atoms with van der Waals surface area (Å²) in [6.07, 6.45) is -12.8. The third-order valence-electron chi connectivity index (χ3n) is 17.5. The van der Waals surface area contributed by atoms with Gasteiger partial charge in [-0.05, 0) is 91.4 Å². The first kappa shape index (κ1) is 42.2. The third kappa shape index (κ3) is 5.64. The number of carboxylic acid groups (broad SMARTS) is 2. The molecule has 3 heterocycles. The quantitative estimate of drug-likeness (QED) is 0.149. The SMILES string of the molecule is CC1(C)[C@@H](O[C@@H]2O[C@H](C(=O)O)[C@@H](O)[C@H](O)[C@H]2O[C@@H]2O[C@H](C(=O)O)[C@@H](O)[C@H](O)[C@H]2O)CC[C@@]2(C)[C@H]3C(=O)C=C4[C@@H]5C[C@@]6(C)C[C@@H](OC6=O)[C@@]5(C)CC[C@]4(C)[C@@]3(C)CC[C@@H]12. The van der Waals surface area contributed by atoms with Crippen LogP contribution in [0.2, 0.25) is 0 Å². The van der Waals surface area contributed by atoms with E-state index in [1.165, 1.54) is 0 Å². The van der Waals surface area contributed by atoms with Crippen molar-refractivity contribution in [3.63, 3.8) is 0 Å². The molecule has 20 atom stereocenters. The van der Waals surface area contributed by atoms with E-state index in [9.17, 15) is 54.9 Å². The summed E-state index contributed by atoms with van der Waals surface area (Å²) in [5.41, 5.74) is -1.50. The first-order valence-electron chi connectivity index (χ1n) is 20.8. The van der Waals surface area contributed by atoms with Gasteiger partial charge in [-0.25, -0.2) is 9.59 Å². The standard InChI is InChI=1S/C42H60O16/c1-37(2)20-8-11-42(7)31(19(43)14-17-18-15-38(3)16-22(55-36(38)53)39(18,4)12-13-41(17,42)6)40(20,5)10-9-21(37)54-35-30(26(47)25(46)29(57-35)33(51)52)58-34-27(48)23(44)24(45)28(56-34)32(49)50/h14,18,20-31,34-35,44-48H,8-13,15-16H2,1-7H3,(H,49,50)(H,51,52)/t18-,20-,21-,22+,23-,24-,25-,26-,27+,28-,29-,30+,31+,34-,35+,38-,39-,40+,41-,42-/m0/s1. The Labute approximate surface area is 337 Å². The van der Waals surface area contributed by atoms with E-state index in [4.69, 9.17) is 23.7 Å². The topological polar surface area (TPSA) is 256 Å². The third-order valence-corrected chi connectivity index (χ3v) is 17.5. The largest absolute Gasteiger partial charge is 0.479 e. The summed E-state index contributed by atoms with van der Waals surface area (Å²) in [5.74, 6) is -3.64. The number of hydrogen-bond donors (Lipinski definition) is 7. The van der Waals surface area contributed by atoms with Gasteiger partial charge in [0.05, 0.1) is 11.5 Å². The van der Waals surface area contributed by atoms with E-state index in [1.807, 2.05) is 26.8 Å². The van der Waals surface area contributed by atoms with E-state index in [2.05, 4.69) is 27.7 Å². The second-order valence-corrected chi connectivity index (χ2v) is 20.8. The Morgan fingerprint density at radius 3 is 1.97 bits per heavy atom. The molecule has 16 heteroatoms. The smallest absolute Gasteiger partial charge is 0.335 e. The van der Waals surface area contributed by atoms with Crippen molar-refractivity contribution in [1.82, 2.24) is 0 Å². The fourth-order valence-electron chi connectivity index (χ4n) is 13.9. The summed E-state index contributed by atoms with van der Waals surface area (Å²) >= 11 is 0. The summed E-state index contributed by atoms with van der Waals surface area (Å²) < 4.78 is 29.4. The predicted octanol–water partition coefficient (Wildman–Crippen LogP) is 1.70. The van der Waals surface area contributed by atoms with Crippen LogP contribution in [0.15, 0.2) is 11.6 Å². The van der Waals surface area contributed by atoms with E-state index >= 15 is 0 Å². The van der Waals surface area contributed by atoms with Gasteiger partial charge in [0.1, 0.15) is 42.7 Å². The second-order valence-electron chi connectivity index (χ2n) is 20.8. The molecule has 3 aliphatic heterocycles. The van der Waals surface area contributed by atoms with Crippen LogP contribution in [0.1, 0.15) is 99.8 Å². The van der Waals surface area contributed by atoms with Crippen molar-refractivity contribution < 1.29 is 78.6 Å². The van der Waals surface area contributed by atoms with Crippen LogP contribution in [0, 0.1) is 50.2 Å². The molecule has 3 saturated heterocycles. The Kier molecular flexibility index (Phi) is 9.80. The van der Waals surface area contributed by atoms with Gasteiger partial charge in [0.2, 0.25) is 0 Å². The van der Waals surface area contributed by atoms with Crippen molar-refractivity contribution in [2.24, 2.45) is 50.2 Å². The Morgan fingerprint density at radius 1 is 0.707 bits per heavy atom. The zero-order chi connectivity index (χ0) is 42.4. The Balaban J connectivity index is 1.08. The molecule has 0 aromatic heterocycles. The number of fused-ring (bicyclic) bond motifs is 10. The number of rotatable bonds is 6. The summed E-state index contributed by atoms with van der Waals surface area (Å²) in [7, 11) is 0. The number of esters is 1. The highest BCUT2D eigenvalue weighted by molar-refractivity contribution is 5.96. The lowest BCUT2D eigenvalue weighted by Gasteiger charge is -2.70. The molecular weight excluding hydrogens is 760 g/mol. The molecule has 16 nitrogen and oxygen atoms in total. The molecule has 0 aromatic carbocycles. The van der Waals surface area contributed by atoms with Crippen molar-refractivity contribution in [3.8, 4) is 0 Å². The molecule has 58 heavy (non-hydrogen) atoms. The monoisotopic (exact) mass is 820 g/mol. The van der Waals surface area contributed by atoms with Gasteiger partial charge >= 0.3 is 17.9 Å². The van der Waals surface area contributed by atoms with Crippen molar-refractivity contribution >= 4 is 23.7 Å². The van der Waals surface area contributed by atoms with Crippen molar-refractivity contribution in [2.45, 2.75) is 173 Å². The predicted molar refractivity (Wildman–Crippen MR) is 197 cm³/mol. The maximum atomic E-state index is 14.9. The molecule has 7 fully saturated rings. The van der Waals surface area contributed by atoms with Gasteiger partial charge in [0, 0.05) is 17.8 Å². The molecule has 4 saturated carbocycles. The molecule has 0 unspecified atom stereocenters. The van der Waals surface area contributed by atoms with E-state index < -0.39 is 95.7 Å². The normalized spacial score (nSPS) is 54.6. The molecule has 0 amide bonds. The van der Waals surface area contributed by atoms with Gasteiger partial charge in [-0.3, -0.25) is 9.59 Å². The number of carbonyl (C=O) groups excluding carboxylic acids is 2. The van der Waals surface area contributed by atoms with Crippen LogP contribution in [-0.2, 0) is 42.9 Å². The first-order chi connectivity index (χ1) is 26.9. The van der Waals surface area contributed by atoms with Crippen LogP contribution < -0.4 is 0 Å². The molecule has 5 aliphatic carbocycles. The van der Waals surface area contributed by atoms with E-state index in [0.717, 1.165) is 31.3 Å². The van der Waals surface area contributed by atoms with Crippen LogP contribution >= 0.6 is 0 Å². The minimum Gasteiger partial charge on any atom is -0.479 e. The molecule has 0 radical (unpaired) electrons. The number of aliphatic hydroxyl groups excluding tert-OH is 5. The Morgan fingerprint density at radius 2 is 1.33 bits per heavy atom. The van der Waals surface area contributed by atoms with Crippen molar-refractivity contribution in [2.75, 3.05) is 0 Å². The van der Waals surface area contributed by atoms with Crippen molar-refractivity contribution in [3.05, 3.63) is 11.6 Å². The summed E-state index contributed by atoms with van der Waals surface area (Å²) in [5, 5.41) is 72.8. The fraction of sp³-hybridized carbons (Fsp3) is 0.857. The van der Waals surface area contributed by atoms with E-state index in [1.54, 1.807) is 0 Å². The Bertz CT molecular complexity index is 1780. The van der Waals surface area contributed by atoms with Gasteiger partial charge in [-0.2, -0.15) is 0 Å². The van der Waals surface area contributed by atoms with Crippen LogP contribution in [0.3, 0.4) is 0 Å². The maximum absolute atomic E-state index is 14.9. The molecule has 0 spiro atoms. The number of ether oxygens (including phenoxy) is 5. The molecule has 7 N–H and O–H groups in total. The number of allylic oxidation sites excluding steroid dienone is 2. The van der Waals surface area contributed by atoms with Gasteiger partial charge in [0.15, 0.2) is 30.6 Å². The second kappa shape index (κ2) is 13.5.